The minimum atomic E-state index is 0.0501. The third kappa shape index (κ3) is 3.61. The topological polar surface area (TPSA) is 64.3 Å². The van der Waals surface area contributed by atoms with Gasteiger partial charge in [0.05, 0.1) is 30.8 Å². The Morgan fingerprint density at radius 3 is 3.06 bits per heavy atom. The average molecular weight is 257 g/mol. The number of halogens is 1. The number of nitrogens with two attached hydrogens (primary N) is 1. The molecule has 0 amide bonds. The van der Waals surface area contributed by atoms with Gasteiger partial charge in [0.25, 0.3) is 0 Å². The van der Waals surface area contributed by atoms with Crippen molar-refractivity contribution in [3.63, 3.8) is 0 Å². The van der Waals surface area contributed by atoms with Crippen molar-refractivity contribution in [1.29, 1.82) is 0 Å². The SMILES string of the molecule is CC(N)C1CN(Cc2cnc(Cl)cn2)CCO1. The van der Waals surface area contributed by atoms with Gasteiger partial charge < -0.3 is 10.5 Å². The first-order valence-electron chi connectivity index (χ1n) is 5.71. The molecule has 0 aromatic carbocycles. The predicted octanol–water partition coefficient (Wildman–Crippen LogP) is 0.678. The first-order valence-corrected chi connectivity index (χ1v) is 6.09. The lowest BCUT2D eigenvalue weighted by Gasteiger charge is -2.34. The van der Waals surface area contributed by atoms with Crippen LogP contribution in [0.2, 0.25) is 5.15 Å². The molecule has 1 aliphatic heterocycles. The summed E-state index contributed by atoms with van der Waals surface area (Å²) in [7, 11) is 0. The zero-order chi connectivity index (χ0) is 12.3. The molecule has 0 saturated carbocycles. The number of hydrogen-bond donors (Lipinski definition) is 1. The molecule has 2 rings (SSSR count). The molecule has 5 nitrogen and oxygen atoms in total. The van der Waals surface area contributed by atoms with Crippen molar-refractivity contribution >= 4 is 11.6 Å². The van der Waals surface area contributed by atoms with E-state index >= 15 is 0 Å². The Morgan fingerprint density at radius 1 is 1.59 bits per heavy atom. The summed E-state index contributed by atoms with van der Waals surface area (Å²) >= 11 is 5.70. The van der Waals surface area contributed by atoms with Crippen LogP contribution in [-0.2, 0) is 11.3 Å². The highest BCUT2D eigenvalue weighted by atomic mass is 35.5. The highest BCUT2D eigenvalue weighted by Crippen LogP contribution is 2.11. The summed E-state index contributed by atoms with van der Waals surface area (Å²) in [5, 5.41) is 0.421. The number of aromatic nitrogens is 2. The summed E-state index contributed by atoms with van der Waals surface area (Å²) in [6, 6.07) is 0.0501. The van der Waals surface area contributed by atoms with Gasteiger partial charge in [0.15, 0.2) is 0 Å². The summed E-state index contributed by atoms with van der Waals surface area (Å²) in [6.45, 7) is 5.18. The molecule has 2 N–H and O–H groups in total. The molecular weight excluding hydrogens is 240 g/mol. The molecule has 17 heavy (non-hydrogen) atoms. The van der Waals surface area contributed by atoms with Crippen LogP contribution in [0.3, 0.4) is 0 Å². The monoisotopic (exact) mass is 256 g/mol. The Bertz CT molecular complexity index is 357. The Morgan fingerprint density at radius 2 is 2.41 bits per heavy atom. The fourth-order valence-corrected chi connectivity index (χ4v) is 1.94. The van der Waals surface area contributed by atoms with E-state index in [-0.39, 0.29) is 12.1 Å². The Hall–Kier alpha value is -0.750. The molecule has 6 heteroatoms. The van der Waals surface area contributed by atoms with E-state index in [1.807, 2.05) is 6.92 Å². The van der Waals surface area contributed by atoms with Gasteiger partial charge in [-0.15, -0.1) is 0 Å². The van der Waals surface area contributed by atoms with Crippen LogP contribution >= 0.6 is 11.6 Å². The molecule has 2 unspecified atom stereocenters. The molecule has 1 aliphatic rings. The number of morpholine rings is 1. The second-order valence-corrected chi connectivity index (χ2v) is 4.72. The van der Waals surface area contributed by atoms with E-state index in [1.54, 1.807) is 12.4 Å². The number of hydrogen-bond acceptors (Lipinski definition) is 5. The van der Waals surface area contributed by atoms with Crippen molar-refractivity contribution in [2.24, 2.45) is 5.73 Å². The highest BCUT2D eigenvalue weighted by molar-refractivity contribution is 6.29. The van der Waals surface area contributed by atoms with Crippen LogP contribution in [-0.4, -0.2) is 46.7 Å². The van der Waals surface area contributed by atoms with Crippen LogP contribution in [0.5, 0.6) is 0 Å². The zero-order valence-corrected chi connectivity index (χ0v) is 10.6. The minimum absolute atomic E-state index is 0.0501. The summed E-state index contributed by atoms with van der Waals surface area (Å²) in [4.78, 5) is 10.5. The van der Waals surface area contributed by atoms with Crippen molar-refractivity contribution in [3.8, 4) is 0 Å². The lowest BCUT2D eigenvalue weighted by Crippen LogP contribution is -2.49. The summed E-state index contributed by atoms with van der Waals surface area (Å²) in [5.41, 5.74) is 6.76. The minimum Gasteiger partial charge on any atom is -0.374 e. The second-order valence-electron chi connectivity index (χ2n) is 4.33. The van der Waals surface area contributed by atoms with Crippen LogP contribution in [0.25, 0.3) is 0 Å². The van der Waals surface area contributed by atoms with E-state index in [2.05, 4.69) is 14.9 Å². The van der Waals surface area contributed by atoms with Crippen LogP contribution in [0, 0.1) is 0 Å². The maximum Gasteiger partial charge on any atom is 0.147 e. The molecular formula is C11H17ClN4O. The van der Waals surface area contributed by atoms with Crippen LogP contribution in [0.4, 0.5) is 0 Å². The lowest BCUT2D eigenvalue weighted by atomic mass is 10.1. The molecule has 0 spiro atoms. The van der Waals surface area contributed by atoms with Gasteiger partial charge in [-0.25, -0.2) is 4.98 Å². The first kappa shape index (κ1) is 12.7. The lowest BCUT2D eigenvalue weighted by molar-refractivity contribution is -0.0407. The Kier molecular flexibility index (Phi) is 4.28. The van der Waals surface area contributed by atoms with Gasteiger partial charge in [-0.2, -0.15) is 0 Å². The fourth-order valence-electron chi connectivity index (χ4n) is 1.84. The Labute approximate surface area is 106 Å². The van der Waals surface area contributed by atoms with E-state index in [1.165, 1.54) is 0 Å². The maximum absolute atomic E-state index is 5.85. The van der Waals surface area contributed by atoms with Gasteiger partial charge >= 0.3 is 0 Å². The largest absolute Gasteiger partial charge is 0.374 e. The molecule has 1 saturated heterocycles. The molecule has 0 aliphatic carbocycles. The van der Waals surface area contributed by atoms with Gasteiger partial charge in [-0.05, 0) is 6.92 Å². The number of nitrogens with zero attached hydrogens (tertiary/aromatic N) is 3. The van der Waals surface area contributed by atoms with E-state index in [0.29, 0.717) is 11.8 Å². The molecule has 2 heterocycles. The fraction of sp³-hybridized carbons (Fsp3) is 0.636. The van der Waals surface area contributed by atoms with Crippen molar-refractivity contribution in [2.75, 3.05) is 19.7 Å². The van der Waals surface area contributed by atoms with E-state index in [4.69, 9.17) is 22.1 Å². The van der Waals surface area contributed by atoms with Gasteiger partial charge in [-0.1, -0.05) is 11.6 Å². The van der Waals surface area contributed by atoms with E-state index < -0.39 is 0 Å². The average Bonchev–Trinajstić information content (AvgIpc) is 2.32. The smallest absolute Gasteiger partial charge is 0.147 e. The third-order valence-electron chi connectivity index (χ3n) is 2.82. The normalized spacial score (nSPS) is 23.6. The molecule has 94 valence electrons. The molecule has 2 atom stereocenters. The van der Waals surface area contributed by atoms with Gasteiger partial charge in [0, 0.05) is 25.7 Å². The Balaban J connectivity index is 1.92. The van der Waals surface area contributed by atoms with Gasteiger partial charge in [0.1, 0.15) is 5.15 Å². The van der Waals surface area contributed by atoms with Crippen LogP contribution in [0.1, 0.15) is 12.6 Å². The number of ether oxygens (including phenoxy) is 1. The quantitative estimate of drug-likeness (QED) is 0.862. The van der Waals surface area contributed by atoms with Crippen LogP contribution in [0.15, 0.2) is 12.4 Å². The van der Waals surface area contributed by atoms with Gasteiger partial charge in [0.2, 0.25) is 0 Å². The second kappa shape index (κ2) is 5.73. The molecule has 1 aromatic rings. The summed E-state index contributed by atoms with van der Waals surface area (Å²) in [6.07, 6.45) is 3.38. The van der Waals surface area contributed by atoms with Crippen molar-refractivity contribution < 1.29 is 4.74 Å². The van der Waals surface area contributed by atoms with E-state index in [0.717, 1.165) is 25.3 Å². The first-order chi connectivity index (χ1) is 8.15. The summed E-state index contributed by atoms with van der Waals surface area (Å²) in [5.74, 6) is 0. The van der Waals surface area contributed by atoms with Crippen molar-refractivity contribution in [1.82, 2.24) is 14.9 Å². The van der Waals surface area contributed by atoms with Gasteiger partial charge in [-0.3, -0.25) is 9.88 Å². The van der Waals surface area contributed by atoms with Crippen LogP contribution < -0.4 is 5.73 Å². The van der Waals surface area contributed by atoms with Crippen molar-refractivity contribution in [2.45, 2.75) is 25.6 Å². The summed E-state index contributed by atoms with van der Waals surface area (Å²) < 4.78 is 5.60. The highest BCUT2D eigenvalue weighted by Gasteiger charge is 2.23. The maximum atomic E-state index is 5.85. The molecule has 0 radical (unpaired) electrons. The predicted molar refractivity (Wildman–Crippen MR) is 65.7 cm³/mol. The molecule has 1 fully saturated rings. The molecule has 1 aromatic heterocycles. The third-order valence-corrected chi connectivity index (χ3v) is 3.02. The number of rotatable bonds is 3. The standard InChI is InChI=1S/C11H17ClN4O/c1-8(13)10-7-16(2-3-17-10)6-9-4-15-11(12)5-14-9/h4-5,8,10H,2-3,6-7,13H2,1H3. The van der Waals surface area contributed by atoms with Crippen molar-refractivity contribution in [3.05, 3.63) is 23.2 Å². The molecule has 0 bridgehead atoms. The van der Waals surface area contributed by atoms with E-state index in [9.17, 15) is 0 Å². The zero-order valence-electron chi connectivity index (χ0n) is 9.84.